The van der Waals surface area contributed by atoms with Crippen molar-refractivity contribution >= 4 is 28.4 Å². The monoisotopic (exact) mass is 456 g/mol. The summed E-state index contributed by atoms with van der Waals surface area (Å²) in [5.41, 5.74) is 5.16. The molecule has 34 heavy (non-hydrogen) atoms. The maximum absolute atomic E-state index is 12.5. The number of hydrogen-bond donors (Lipinski definition) is 3. The summed E-state index contributed by atoms with van der Waals surface area (Å²) in [6.07, 6.45) is -0.948. The molecule has 3 N–H and O–H groups in total. The minimum Gasteiger partial charge on any atom is -0.481 e. The average molecular weight is 456 g/mol. The molecule has 1 aromatic heterocycles. The summed E-state index contributed by atoms with van der Waals surface area (Å²) in [5, 5.41) is 6.70. The molecule has 0 saturated heterocycles. The topological polar surface area (TPSA) is 130 Å². The summed E-state index contributed by atoms with van der Waals surface area (Å²) in [5.74, 6) is -1.04. The van der Waals surface area contributed by atoms with Crippen LogP contribution in [0.15, 0.2) is 83.7 Å². The van der Waals surface area contributed by atoms with Gasteiger partial charge in [-0.05, 0) is 37.3 Å². The third-order valence-electron chi connectivity index (χ3n) is 5.04. The number of benzene rings is 3. The molecule has 0 unspecified atom stereocenters. The Labute approximate surface area is 193 Å². The highest BCUT2D eigenvalue weighted by atomic mass is 16.5. The van der Waals surface area contributed by atoms with E-state index in [0.29, 0.717) is 27.6 Å². The normalized spacial score (nSPS) is 11.4. The van der Waals surface area contributed by atoms with Crippen molar-refractivity contribution in [3.63, 3.8) is 0 Å². The fraction of sp³-hybridized carbons (Fsp3) is 0.0800. The van der Waals surface area contributed by atoms with Gasteiger partial charge in [-0.3, -0.25) is 30.0 Å². The Bertz CT molecular complexity index is 1410. The second-order valence-corrected chi connectivity index (χ2v) is 7.37. The maximum Gasteiger partial charge on any atom is 0.290 e. The fourth-order valence-electron chi connectivity index (χ4n) is 3.27. The van der Waals surface area contributed by atoms with Gasteiger partial charge in [-0.1, -0.05) is 48.5 Å². The lowest BCUT2D eigenvalue weighted by molar-refractivity contribution is -0.128. The maximum atomic E-state index is 12.5. The minimum atomic E-state index is -0.948. The number of H-pyrrole nitrogens is 1. The Morgan fingerprint density at radius 1 is 0.824 bits per heavy atom. The molecule has 170 valence electrons. The van der Waals surface area contributed by atoms with Crippen LogP contribution in [0.2, 0.25) is 0 Å². The van der Waals surface area contributed by atoms with Crippen LogP contribution in [0.4, 0.5) is 0 Å². The highest BCUT2D eigenvalue weighted by Crippen LogP contribution is 2.17. The Balaban J connectivity index is 1.35. The van der Waals surface area contributed by atoms with Gasteiger partial charge in [0.15, 0.2) is 17.6 Å². The SMILES string of the molecule is C[C@@H](Oc1ccc(C(=O)c2ccccc2)cc1)C(=O)NNC(=O)c1n[nH]c(=O)c2ccccc12. The predicted molar refractivity (Wildman–Crippen MR) is 124 cm³/mol. The number of carbonyl (C=O) groups excluding carboxylic acids is 3. The van der Waals surface area contributed by atoms with E-state index in [1.807, 2.05) is 6.07 Å². The summed E-state index contributed by atoms with van der Waals surface area (Å²) >= 11 is 0. The highest BCUT2D eigenvalue weighted by Gasteiger charge is 2.19. The van der Waals surface area contributed by atoms with Gasteiger partial charge in [0.2, 0.25) is 0 Å². The average Bonchev–Trinajstić information content (AvgIpc) is 2.88. The zero-order valence-corrected chi connectivity index (χ0v) is 18.1. The molecule has 0 radical (unpaired) electrons. The zero-order valence-electron chi connectivity index (χ0n) is 18.1. The van der Waals surface area contributed by atoms with Gasteiger partial charge in [-0.15, -0.1) is 0 Å². The molecule has 0 aliphatic heterocycles. The summed E-state index contributed by atoms with van der Waals surface area (Å²) in [6.45, 7) is 1.51. The summed E-state index contributed by atoms with van der Waals surface area (Å²) in [7, 11) is 0. The van der Waals surface area contributed by atoms with Crippen molar-refractivity contribution in [3.05, 3.63) is 106 Å². The van der Waals surface area contributed by atoms with E-state index in [2.05, 4.69) is 21.0 Å². The van der Waals surface area contributed by atoms with Crippen molar-refractivity contribution in [1.82, 2.24) is 21.0 Å². The second-order valence-electron chi connectivity index (χ2n) is 7.37. The molecule has 0 aliphatic carbocycles. The third-order valence-corrected chi connectivity index (χ3v) is 5.04. The van der Waals surface area contributed by atoms with Gasteiger partial charge in [0.25, 0.3) is 17.4 Å². The lowest BCUT2D eigenvalue weighted by Crippen LogP contribution is -2.47. The van der Waals surface area contributed by atoms with Crippen molar-refractivity contribution in [3.8, 4) is 5.75 Å². The van der Waals surface area contributed by atoms with Crippen LogP contribution in [0.5, 0.6) is 5.75 Å². The standard InChI is InChI=1S/C25H20N4O5/c1-15(34-18-13-11-17(12-14-18)22(30)16-7-3-2-4-8-16)23(31)27-29-25(33)21-19-9-5-6-10-20(19)24(32)28-26-21/h2-15H,1H3,(H,27,31)(H,28,32)(H,29,33)/t15-/m1/s1. The number of nitrogens with one attached hydrogen (secondary N) is 3. The van der Waals surface area contributed by atoms with Crippen molar-refractivity contribution in [2.45, 2.75) is 13.0 Å². The quantitative estimate of drug-likeness (QED) is 0.302. The number of ketones is 1. The Morgan fingerprint density at radius 2 is 1.44 bits per heavy atom. The van der Waals surface area contributed by atoms with Gasteiger partial charge in [-0.2, -0.15) is 5.10 Å². The van der Waals surface area contributed by atoms with Crippen LogP contribution in [0, 0.1) is 0 Å². The van der Waals surface area contributed by atoms with Gasteiger partial charge >= 0.3 is 0 Å². The molecule has 3 aromatic carbocycles. The first-order chi connectivity index (χ1) is 16.4. The molecule has 1 heterocycles. The molecular weight excluding hydrogens is 436 g/mol. The van der Waals surface area contributed by atoms with Gasteiger partial charge in [0.05, 0.1) is 5.39 Å². The van der Waals surface area contributed by atoms with Crippen LogP contribution >= 0.6 is 0 Å². The predicted octanol–water partition coefficient (Wildman–Crippen LogP) is 2.38. The van der Waals surface area contributed by atoms with Crippen molar-refractivity contribution in [1.29, 1.82) is 0 Å². The number of carbonyl (C=O) groups is 3. The lowest BCUT2D eigenvalue weighted by atomic mass is 10.0. The van der Waals surface area contributed by atoms with Crippen LogP contribution in [-0.2, 0) is 4.79 Å². The van der Waals surface area contributed by atoms with E-state index in [-0.39, 0.29) is 11.5 Å². The van der Waals surface area contributed by atoms with E-state index in [1.54, 1.807) is 72.8 Å². The number of amides is 2. The first-order valence-electron chi connectivity index (χ1n) is 10.4. The molecule has 2 amide bonds. The summed E-state index contributed by atoms with van der Waals surface area (Å²) in [4.78, 5) is 49.2. The largest absolute Gasteiger partial charge is 0.481 e. The van der Waals surface area contributed by atoms with Crippen LogP contribution in [0.1, 0.15) is 33.3 Å². The molecule has 0 aliphatic rings. The molecule has 0 spiro atoms. The Hall–Kier alpha value is -4.79. The number of ether oxygens (including phenoxy) is 1. The van der Waals surface area contributed by atoms with E-state index in [9.17, 15) is 19.2 Å². The molecule has 4 rings (SSSR count). The van der Waals surface area contributed by atoms with Crippen molar-refractivity contribution < 1.29 is 19.1 Å². The van der Waals surface area contributed by atoms with Gasteiger partial charge in [0.1, 0.15) is 5.75 Å². The smallest absolute Gasteiger partial charge is 0.290 e. The third kappa shape index (κ3) is 4.83. The molecule has 0 bridgehead atoms. The molecule has 4 aromatic rings. The summed E-state index contributed by atoms with van der Waals surface area (Å²) < 4.78 is 5.60. The molecular formula is C25H20N4O5. The zero-order chi connectivity index (χ0) is 24.1. The van der Waals surface area contributed by atoms with Gasteiger partial charge in [-0.25, -0.2) is 5.10 Å². The van der Waals surface area contributed by atoms with Crippen LogP contribution in [0.3, 0.4) is 0 Å². The van der Waals surface area contributed by atoms with E-state index >= 15 is 0 Å². The minimum absolute atomic E-state index is 0.0391. The van der Waals surface area contributed by atoms with Gasteiger partial charge < -0.3 is 4.74 Å². The fourth-order valence-corrected chi connectivity index (χ4v) is 3.27. The van der Waals surface area contributed by atoms with E-state index in [4.69, 9.17) is 4.74 Å². The van der Waals surface area contributed by atoms with E-state index in [0.717, 1.165) is 0 Å². The van der Waals surface area contributed by atoms with Crippen molar-refractivity contribution in [2.75, 3.05) is 0 Å². The van der Waals surface area contributed by atoms with Crippen molar-refractivity contribution in [2.24, 2.45) is 0 Å². The van der Waals surface area contributed by atoms with Crippen LogP contribution in [0.25, 0.3) is 10.8 Å². The first-order valence-corrected chi connectivity index (χ1v) is 10.4. The number of hydrogen-bond acceptors (Lipinski definition) is 6. The van der Waals surface area contributed by atoms with Crippen LogP contribution in [-0.4, -0.2) is 33.9 Å². The highest BCUT2D eigenvalue weighted by molar-refractivity contribution is 6.09. The molecule has 0 fully saturated rings. The van der Waals surface area contributed by atoms with E-state index in [1.165, 1.54) is 6.92 Å². The Kier molecular flexibility index (Phi) is 6.45. The first kappa shape index (κ1) is 22.4. The molecule has 1 atom stereocenters. The molecule has 9 heteroatoms. The number of rotatable bonds is 6. The van der Waals surface area contributed by atoms with E-state index < -0.39 is 23.5 Å². The lowest BCUT2D eigenvalue weighted by Gasteiger charge is -2.15. The number of fused-ring (bicyclic) bond motifs is 1. The second kappa shape index (κ2) is 9.78. The number of aromatic nitrogens is 2. The number of hydrazine groups is 1. The van der Waals surface area contributed by atoms with Crippen LogP contribution < -0.4 is 21.1 Å². The number of aromatic amines is 1. The summed E-state index contributed by atoms with van der Waals surface area (Å²) in [6, 6.07) is 21.8. The Morgan fingerprint density at radius 3 is 2.15 bits per heavy atom. The molecule has 9 nitrogen and oxygen atoms in total. The van der Waals surface area contributed by atoms with Gasteiger partial charge in [0, 0.05) is 16.5 Å². The molecule has 0 saturated carbocycles. The number of nitrogens with zero attached hydrogens (tertiary/aromatic N) is 1.